The largest absolute Gasteiger partial charge is 0.433 e. The normalized spacial score (nSPS) is 27.9. The summed E-state index contributed by atoms with van der Waals surface area (Å²) in [4.78, 5) is 15.5. The summed E-state index contributed by atoms with van der Waals surface area (Å²) in [7, 11) is 0. The lowest BCUT2D eigenvalue weighted by molar-refractivity contribution is -0.243. The minimum Gasteiger partial charge on any atom is -0.402 e. The Kier molecular flexibility index (Phi) is 6.43. The third kappa shape index (κ3) is 4.67. The Morgan fingerprint density at radius 1 is 1.09 bits per heavy atom. The molecule has 1 aromatic rings. The number of alkyl halides is 6. The van der Waals surface area contributed by atoms with Gasteiger partial charge in [-0.1, -0.05) is 6.07 Å². The van der Waals surface area contributed by atoms with Crippen LogP contribution in [0.2, 0.25) is 0 Å². The van der Waals surface area contributed by atoms with Gasteiger partial charge in [0.2, 0.25) is 0 Å². The number of aromatic nitrogens is 1. The highest BCUT2D eigenvalue weighted by Gasteiger charge is 2.59. The molecule has 1 aromatic heterocycles. The van der Waals surface area contributed by atoms with Crippen LogP contribution in [0.15, 0.2) is 29.5 Å². The average molecular weight is 463 g/mol. The second kappa shape index (κ2) is 8.49. The molecule has 1 fully saturated rings. The van der Waals surface area contributed by atoms with Gasteiger partial charge in [-0.3, -0.25) is 4.79 Å². The van der Waals surface area contributed by atoms with Crippen molar-refractivity contribution < 1.29 is 36.2 Å². The molecule has 0 amide bonds. The summed E-state index contributed by atoms with van der Waals surface area (Å²) in [5.74, 6) is -1.80. The first-order valence-electron chi connectivity index (χ1n) is 10.2. The number of allylic oxidation sites excluding steroid dienone is 1. The second-order valence-corrected chi connectivity index (χ2v) is 8.38. The first-order chi connectivity index (χ1) is 14.7. The Bertz CT molecular complexity index is 932. The molecule has 1 atom stereocenters. The molecular weight excluding hydrogens is 440 g/mol. The molecule has 2 aliphatic carbocycles. The van der Waals surface area contributed by atoms with Gasteiger partial charge in [0.15, 0.2) is 5.60 Å². The molecule has 5 nitrogen and oxygen atoms in total. The summed E-state index contributed by atoms with van der Waals surface area (Å²) in [5, 5.41) is 18.9. The van der Waals surface area contributed by atoms with Crippen LogP contribution in [0.1, 0.15) is 62.3 Å². The molecule has 0 spiro atoms. The van der Waals surface area contributed by atoms with Crippen molar-refractivity contribution in [2.24, 2.45) is 11.7 Å². The molecule has 2 aliphatic rings. The molecule has 0 aliphatic heterocycles. The van der Waals surface area contributed by atoms with Crippen LogP contribution in [0.4, 0.5) is 26.3 Å². The van der Waals surface area contributed by atoms with Crippen LogP contribution in [-0.2, 0) is 11.0 Å². The Balaban J connectivity index is 1.80. The van der Waals surface area contributed by atoms with Crippen molar-refractivity contribution in [2.75, 3.05) is 0 Å². The van der Waals surface area contributed by atoms with Gasteiger partial charge in [0.1, 0.15) is 11.5 Å². The number of halogens is 6. The molecule has 176 valence electrons. The van der Waals surface area contributed by atoms with Crippen LogP contribution < -0.4 is 5.73 Å². The summed E-state index contributed by atoms with van der Waals surface area (Å²) in [6.45, 7) is 0. The highest BCUT2D eigenvalue weighted by Crippen LogP contribution is 2.45. The monoisotopic (exact) mass is 463 g/mol. The van der Waals surface area contributed by atoms with E-state index in [1.165, 1.54) is 12.1 Å². The Labute approximate surface area is 180 Å². The molecule has 3 rings (SSSR count). The minimum atomic E-state index is -5.20. The van der Waals surface area contributed by atoms with E-state index in [2.05, 4.69) is 4.98 Å². The van der Waals surface area contributed by atoms with Crippen LogP contribution in [0.5, 0.6) is 0 Å². The number of aliphatic hydroxyl groups is 1. The zero-order valence-electron chi connectivity index (χ0n) is 17.0. The Morgan fingerprint density at radius 2 is 1.72 bits per heavy atom. The van der Waals surface area contributed by atoms with Gasteiger partial charge < -0.3 is 16.2 Å². The number of rotatable bonds is 3. The minimum absolute atomic E-state index is 0.182. The fraction of sp³-hybridized carbons (Fsp3) is 0.571. The van der Waals surface area contributed by atoms with Gasteiger partial charge >= 0.3 is 12.4 Å². The Morgan fingerprint density at radius 3 is 2.28 bits per heavy atom. The van der Waals surface area contributed by atoms with Gasteiger partial charge in [-0.2, -0.15) is 26.3 Å². The van der Waals surface area contributed by atoms with Gasteiger partial charge in [0.25, 0.3) is 0 Å². The smallest absolute Gasteiger partial charge is 0.402 e. The summed E-state index contributed by atoms with van der Waals surface area (Å²) in [5.41, 5.74) is -0.0365. The molecule has 1 unspecified atom stereocenters. The quantitative estimate of drug-likeness (QED) is 0.449. The van der Waals surface area contributed by atoms with Crippen molar-refractivity contribution in [3.8, 4) is 0 Å². The molecule has 1 heterocycles. The zero-order chi connectivity index (χ0) is 23.9. The predicted molar refractivity (Wildman–Crippen MR) is 103 cm³/mol. The number of nitrogens with zero attached hydrogens (tertiary/aromatic N) is 1. The van der Waals surface area contributed by atoms with E-state index >= 15 is 0 Å². The van der Waals surface area contributed by atoms with E-state index in [1.807, 2.05) is 0 Å². The molecular formula is C21H23F6N3O2. The lowest BCUT2D eigenvalue weighted by Gasteiger charge is -2.36. The summed E-state index contributed by atoms with van der Waals surface area (Å²) in [6, 6.07) is 3.60. The molecule has 32 heavy (non-hydrogen) atoms. The fourth-order valence-electron chi connectivity index (χ4n) is 4.48. The highest BCUT2D eigenvalue weighted by molar-refractivity contribution is 6.03. The lowest BCUT2D eigenvalue weighted by Crippen LogP contribution is -2.51. The fourth-order valence-corrected chi connectivity index (χ4v) is 4.48. The number of ketones is 1. The zero-order valence-corrected chi connectivity index (χ0v) is 17.0. The van der Waals surface area contributed by atoms with Crippen molar-refractivity contribution >= 4 is 11.5 Å². The number of nitrogens with one attached hydrogen (secondary N) is 1. The third-order valence-electron chi connectivity index (χ3n) is 6.21. The highest BCUT2D eigenvalue weighted by atomic mass is 19.4. The van der Waals surface area contributed by atoms with Crippen LogP contribution >= 0.6 is 0 Å². The standard InChI is InChI=1S/C21H23F6N3O2/c22-20(23,24)16-3-1-2-15(30-16)11-4-6-12(7-5-11)18(29)17-14(28)9-8-13(31)10-19(17,32)21(25,26)27/h1-3,11-12,29,32H,4-10,28H2. The van der Waals surface area contributed by atoms with Crippen molar-refractivity contribution in [3.63, 3.8) is 0 Å². The van der Waals surface area contributed by atoms with Gasteiger partial charge in [-0.05, 0) is 44.2 Å². The number of pyridine rings is 1. The van der Waals surface area contributed by atoms with E-state index in [4.69, 9.17) is 11.1 Å². The molecule has 0 aromatic carbocycles. The topological polar surface area (TPSA) is 100 Å². The summed E-state index contributed by atoms with van der Waals surface area (Å²) < 4.78 is 80.1. The molecule has 4 N–H and O–H groups in total. The Hall–Kier alpha value is -2.43. The van der Waals surface area contributed by atoms with E-state index < -0.39 is 53.1 Å². The SMILES string of the molecule is N=C(C1=C(N)CCC(=O)CC1(O)C(F)(F)F)C1CCC(c2cccc(C(F)(F)F)n2)CC1. The number of carbonyl (C=O) groups is 1. The molecule has 11 heteroatoms. The van der Waals surface area contributed by atoms with Crippen molar-refractivity contribution in [1.29, 1.82) is 5.41 Å². The van der Waals surface area contributed by atoms with Crippen LogP contribution in [0, 0.1) is 11.3 Å². The number of hydrogen-bond acceptors (Lipinski definition) is 5. The van der Waals surface area contributed by atoms with Crippen molar-refractivity contribution in [3.05, 3.63) is 40.9 Å². The summed E-state index contributed by atoms with van der Waals surface area (Å²) >= 11 is 0. The van der Waals surface area contributed by atoms with Crippen LogP contribution in [0.25, 0.3) is 0 Å². The number of carbonyl (C=O) groups excluding carboxylic acids is 1. The van der Waals surface area contributed by atoms with Gasteiger partial charge in [0, 0.05) is 47.4 Å². The third-order valence-corrected chi connectivity index (χ3v) is 6.21. The van der Waals surface area contributed by atoms with Crippen LogP contribution in [-0.4, -0.2) is 33.4 Å². The lowest BCUT2D eigenvalue weighted by atomic mass is 9.73. The van der Waals surface area contributed by atoms with E-state index in [1.54, 1.807) is 0 Å². The predicted octanol–water partition coefficient (Wildman–Crippen LogP) is 4.65. The first kappa shape index (κ1) is 24.2. The number of nitrogens with two attached hydrogens (primary N) is 1. The van der Waals surface area contributed by atoms with Crippen molar-refractivity contribution in [2.45, 2.75) is 68.8 Å². The van der Waals surface area contributed by atoms with Gasteiger partial charge in [-0.15, -0.1) is 0 Å². The van der Waals surface area contributed by atoms with E-state index in [9.17, 15) is 36.2 Å². The second-order valence-electron chi connectivity index (χ2n) is 8.38. The number of Topliss-reactive ketones (excluding diaryl/α,β-unsaturated/α-hetero) is 1. The first-order valence-corrected chi connectivity index (χ1v) is 10.2. The molecule has 0 radical (unpaired) electrons. The maximum absolute atomic E-state index is 13.8. The van der Waals surface area contributed by atoms with Crippen molar-refractivity contribution in [1.82, 2.24) is 4.98 Å². The van der Waals surface area contributed by atoms with Crippen LogP contribution in [0.3, 0.4) is 0 Å². The number of hydrogen-bond donors (Lipinski definition) is 3. The maximum Gasteiger partial charge on any atom is 0.433 e. The van der Waals surface area contributed by atoms with Gasteiger partial charge in [0.05, 0.1) is 0 Å². The molecule has 1 saturated carbocycles. The average Bonchev–Trinajstić information content (AvgIpc) is 2.82. The maximum atomic E-state index is 13.8. The van der Waals surface area contributed by atoms with Gasteiger partial charge in [-0.25, -0.2) is 4.98 Å². The molecule has 0 bridgehead atoms. The van der Waals surface area contributed by atoms with E-state index in [0.717, 1.165) is 6.07 Å². The van der Waals surface area contributed by atoms with E-state index in [-0.39, 0.29) is 43.0 Å². The molecule has 0 saturated heterocycles. The van der Waals surface area contributed by atoms with E-state index in [0.29, 0.717) is 12.8 Å². The summed E-state index contributed by atoms with van der Waals surface area (Å²) in [6.07, 6.45) is -10.3.